The molecule has 3 rings (SSSR count). The highest BCUT2D eigenvalue weighted by Crippen LogP contribution is 2.25. The first-order valence-electron chi connectivity index (χ1n) is 7.93. The molecular formula is C18H22N2O2. The third-order valence-corrected chi connectivity index (χ3v) is 3.98. The summed E-state index contributed by atoms with van der Waals surface area (Å²) in [4.78, 5) is 11.8. The van der Waals surface area contributed by atoms with E-state index in [4.69, 9.17) is 4.74 Å². The van der Waals surface area contributed by atoms with Crippen LogP contribution in [-0.4, -0.2) is 31.6 Å². The monoisotopic (exact) mass is 298 g/mol. The molecule has 2 aromatic rings. The Morgan fingerprint density at radius 3 is 2.95 bits per heavy atom. The maximum absolute atomic E-state index is 11.8. The van der Waals surface area contributed by atoms with Crippen molar-refractivity contribution in [2.24, 2.45) is 0 Å². The summed E-state index contributed by atoms with van der Waals surface area (Å²) in [6.07, 6.45) is 2.27. The summed E-state index contributed by atoms with van der Waals surface area (Å²) < 4.78 is 5.85. The summed E-state index contributed by atoms with van der Waals surface area (Å²) in [7, 11) is 0. The van der Waals surface area contributed by atoms with Gasteiger partial charge in [-0.1, -0.05) is 36.4 Å². The maximum atomic E-state index is 11.8. The molecule has 4 heteroatoms. The van der Waals surface area contributed by atoms with Gasteiger partial charge in [0.1, 0.15) is 5.75 Å². The van der Waals surface area contributed by atoms with Crippen molar-refractivity contribution in [1.82, 2.24) is 10.6 Å². The van der Waals surface area contributed by atoms with Gasteiger partial charge in [0.15, 0.2) is 0 Å². The Kier molecular flexibility index (Phi) is 4.91. The summed E-state index contributed by atoms with van der Waals surface area (Å²) in [5.74, 6) is 1.01. The lowest BCUT2D eigenvalue weighted by molar-refractivity contribution is -0.121. The highest BCUT2D eigenvalue weighted by molar-refractivity contribution is 5.88. The first kappa shape index (κ1) is 14.9. The minimum absolute atomic E-state index is 0.121. The van der Waals surface area contributed by atoms with Gasteiger partial charge in [0.25, 0.3) is 0 Å². The predicted octanol–water partition coefficient (Wildman–Crippen LogP) is 2.48. The van der Waals surface area contributed by atoms with E-state index in [1.165, 1.54) is 5.39 Å². The highest BCUT2D eigenvalue weighted by atomic mass is 16.5. The fourth-order valence-electron chi connectivity index (χ4n) is 2.81. The van der Waals surface area contributed by atoms with Crippen molar-refractivity contribution >= 4 is 16.7 Å². The molecule has 2 aromatic carbocycles. The van der Waals surface area contributed by atoms with E-state index in [2.05, 4.69) is 28.8 Å². The normalized spacial score (nSPS) is 17.5. The van der Waals surface area contributed by atoms with Crippen LogP contribution >= 0.6 is 0 Å². The van der Waals surface area contributed by atoms with Gasteiger partial charge in [0.05, 0.1) is 6.61 Å². The Hall–Kier alpha value is -2.07. The number of carbonyl (C=O) groups is 1. The van der Waals surface area contributed by atoms with E-state index in [-0.39, 0.29) is 5.91 Å². The molecule has 0 bridgehead atoms. The largest absolute Gasteiger partial charge is 0.493 e. The van der Waals surface area contributed by atoms with Gasteiger partial charge in [-0.05, 0) is 30.8 Å². The topological polar surface area (TPSA) is 50.4 Å². The molecule has 1 unspecified atom stereocenters. The van der Waals surface area contributed by atoms with E-state index in [9.17, 15) is 4.79 Å². The summed E-state index contributed by atoms with van der Waals surface area (Å²) in [5.41, 5.74) is 0. The Morgan fingerprint density at radius 1 is 1.23 bits per heavy atom. The molecule has 0 aliphatic carbocycles. The van der Waals surface area contributed by atoms with Crippen molar-refractivity contribution < 1.29 is 9.53 Å². The highest BCUT2D eigenvalue weighted by Gasteiger charge is 2.16. The number of fused-ring (bicyclic) bond motifs is 1. The molecule has 1 amide bonds. The van der Waals surface area contributed by atoms with Crippen LogP contribution in [0.2, 0.25) is 0 Å². The molecule has 1 saturated heterocycles. The van der Waals surface area contributed by atoms with Gasteiger partial charge in [-0.15, -0.1) is 0 Å². The van der Waals surface area contributed by atoms with E-state index >= 15 is 0 Å². The summed E-state index contributed by atoms with van der Waals surface area (Å²) in [6.45, 7) is 2.44. The Balaban J connectivity index is 1.45. The van der Waals surface area contributed by atoms with Gasteiger partial charge in [0.2, 0.25) is 5.91 Å². The number of carbonyl (C=O) groups excluding carboxylic acids is 1. The standard InChI is InChI=1S/C18H22N2O2/c21-18(20-15-10-11-19-13-15)9-4-12-22-17-8-3-6-14-5-1-2-7-16(14)17/h1-3,5-8,15,19H,4,9-13H2,(H,20,21). The number of nitrogens with one attached hydrogen (secondary N) is 2. The van der Waals surface area contributed by atoms with Gasteiger partial charge < -0.3 is 15.4 Å². The zero-order chi connectivity index (χ0) is 15.2. The fraction of sp³-hybridized carbons (Fsp3) is 0.389. The summed E-state index contributed by atoms with van der Waals surface area (Å²) >= 11 is 0. The van der Waals surface area contributed by atoms with Crippen LogP contribution in [0.3, 0.4) is 0 Å². The molecule has 1 fully saturated rings. The Morgan fingerprint density at radius 2 is 2.09 bits per heavy atom. The van der Waals surface area contributed by atoms with E-state index in [1.54, 1.807) is 0 Å². The smallest absolute Gasteiger partial charge is 0.220 e. The number of ether oxygens (including phenoxy) is 1. The molecule has 2 N–H and O–H groups in total. The van der Waals surface area contributed by atoms with Gasteiger partial charge in [-0.25, -0.2) is 0 Å². The first-order chi connectivity index (χ1) is 10.8. The quantitative estimate of drug-likeness (QED) is 0.806. The van der Waals surface area contributed by atoms with E-state index in [0.29, 0.717) is 19.1 Å². The number of hydrogen-bond donors (Lipinski definition) is 2. The van der Waals surface area contributed by atoms with E-state index < -0.39 is 0 Å². The van der Waals surface area contributed by atoms with Crippen LogP contribution in [0.4, 0.5) is 0 Å². The van der Waals surface area contributed by atoms with Gasteiger partial charge in [-0.2, -0.15) is 0 Å². The van der Waals surface area contributed by atoms with Crippen LogP contribution in [0, 0.1) is 0 Å². The molecule has 0 spiro atoms. The molecular weight excluding hydrogens is 276 g/mol. The van der Waals surface area contributed by atoms with Crippen LogP contribution in [0.1, 0.15) is 19.3 Å². The Bertz CT molecular complexity index is 631. The minimum atomic E-state index is 0.121. The van der Waals surface area contributed by atoms with Crippen LogP contribution < -0.4 is 15.4 Å². The van der Waals surface area contributed by atoms with Crippen molar-refractivity contribution in [2.45, 2.75) is 25.3 Å². The van der Waals surface area contributed by atoms with E-state index in [1.807, 2.05) is 24.3 Å². The first-order valence-corrected chi connectivity index (χ1v) is 7.93. The summed E-state index contributed by atoms with van der Waals surface area (Å²) in [6, 6.07) is 14.5. The van der Waals surface area contributed by atoms with Crippen LogP contribution in [0.5, 0.6) is 5.75 Å². The summed E-state index contributed by atoms with van der Waals surface area (Å²) in [5, 5.41) is 8.58. The maximum Gasteiger partial charge on any atom is 0.220 e. The lowest BCUT2D eigenvalue weighted by atomic mass is 10.1. The molecule has 116 valence electrons. The van der Waals surface area contributed by atoms with E-state index in [0.717, 1.165) is 37.1 Å². The second-order valence-electron chi connectivity index (χ2n) is 5.69. The predicted molar refractivity (Wildman–Crippen MR) is 88.1 cm³/mol. The number of benzene rings is 2. The van der Waals surface area contributed by atoms with Crippen molar-refractivity contribution in [3.8, 4) is 5.75 Å². The number of amides is 1. The zero-order valence-corrected chi connectivity index (χ0v) is 12.7. The fourth-order valence-corrected chi connectivity index (χ4v) is 2.81. The third kappa shape index (κ3) is 3.77. The van der Waals surface area contributed by atoms with Crippen LogP contribution in [0.15, 0.2) is 42.5 Å². The van der Waals surface area contributed by atoms with Crippen molar-refractivity contribution in [3.63, 3.8) is 0 Å². The average molecular weight is 298 g/mol. The van der Waals surface area contributed by atoms with Crippen molar-refractivity contribution in [1.29, 1.82) is 0 Å². The van der Waals surface area contributed by atoms with Gasteiger partial charge >= 0.3 is 0 Å². The number of rotatable bonds is 6. The third-order valence-electron chi connectivity index (χ3n) is 3.98. The molecule has 1 aliphatic rings. The zero-order valence-electron chi connectivity index (χ0n) is 12.7. The van der Waals surface area contributed by atoms with Crippen molar-refractivity contribution in [2.75, 3.05) is 19.7 Å². The lowest BCUT2D eigenvalue weighted by Crippen LogP contribution is -2.36. The molecule has 1 atom stereocenters. The molecule has 1 aliphatic heterocycles. The molecule has 0 saturated carbocycles. The number of hydrogen-bond acceptors (Lipinski definition) is 3. The van der Waals surface area contributed by atoms with Gasteiger partial charge in [0, 0.05) is 24.4 Å². The van der Waals surface area contributed by atoms with Crippen LogP contribution in [0.25, 0.3) is 10.8 Å². The average Bonchev–Trinajstić information content (AvgIpc) is 3.04. The Labute approximate surface area is 130 Å². The molecule has 1 heterocycles. The minimum Gasteiger partial charge on any atom is -0.493 e. The van der Waals surface area contributed by atoms with Gasteiger partial charge in [-0.3, -0.25) is 4.79 Å². The lowest BCUT2D eigenvalue weighted by Gasteiger charge is -2.12. The SMILES string of the molecule is O=C(CCCOc1cccc2ccccc12)NC1CCNC1. The van der Waals surface area contributed by atoms with Crippen molar-refractivity contribution in [3.05, 3.63) is 42.5 Å². The van der Waals surface area contributed by atoms with Crippen LogP contribution in [-0.2, 0) is 4.79 Å². The second kappa shape index (κ2) is 7.27. The molecule has 22 heavy (non-hydrogen) atoms. The second-order valence-corrected chi connectivity index (χ2v) is 5.69. The molecule has 0 aromatic heterocycles. The molecule has 0 radical (unpaired) electrons. The molecule has 4 nitrogen and oxygen atoms in total.